The fourth-order valence-electron chi connectivity index (χ4n) is 3.03. The third-order valence-electron chi connectivity index (χ3n) is 4.33. The van der Waals surface area contributed by atoms with Crippen LogP contribution in [-0.2, 0) is 9.47 Å². The Balaban J connectivity index is 1.26. The molecule has 0 aromatic rings. The Morgan fingerprint density at radius 3 is 1.23 bits per heavy atom. The SMILES string of the molecule is C(CCCCCCC1=NCCO1)CCCCCC1=NCCO1. The smallest absolute Gasteiger partial charge is 0.183 e. The van der Waals surface area contributed by atoms with Crippen LogP contribution in [0.5, 0.6) is 0 Å². The Kier molecular flexibility index (Phi) is 9.04. The molecule has 22 heavy (non-hydrogen) atoms. The molecule has 4 nitrogen and oxygen atoms in total. The van der Waals surface area contributed by atoms with Crippen molar-refractivity contribution in [3.05, 3.63) is 0 Å². The standard InChI is InChI=1S/C18H32N2O2/c1(3-5-7-9-11-17-19-13-15-21-17)2-4-6-8-10-12-18-20-14-16-22-18/h1-16H2. The first-order valence-electron chi connectivity index (χ1n) is 9.27. The van der Waals surface area contributed by atoms with E-state index in [9.17, 15) is 0 Å². The molecule has 126 valence electrons. The summed E-state index contributed by atoms with van der Waals surface area (Å²) in [6.45, 7) is 3.35. The predicted octanol–water partition coefficient (Wildman–Crippen LogP) is 4.53. The molecule has 0 aromatic carbocycles. The Morgan fingerprint density at radius 2 is 0.909 bits per heavy atom. The van der Waals surface area contributed by atoms with E-state index in [0.29, 0.717) is 0 Å². The van der Waals surface area contributed by atoms with E-state index in [0.717, 1.165) is 50.9 Å². The maximum absolute atomic E-state index is 5.41. The number of ether oxygens (including phenoxy) is 2. The molecular formula is C18H32N2O2. The van der Waals surface area contributed by atoms with Gasteiger partial charge in [-0.1, -0.05) is 51.4 Å². The van der Waals surface area contributed by atoms with Crippen LogP contribution in [0, 0.1) is 0 Å². The first kappa shape index (κ1) is 17.3. The molecule has 0 bridgehead atoms. The topological polar surface area (TPSA) is 43.2 Å². The van der Waals surface area contributed by atoms with Crippen LogP contribution in [0.2, 0.25) is 0 Å². The second-order valence-corrected chi connectivity index (χ2v) is 6.28. The van der Waals surface area contributed by atoms with Crippen molar-refractivity contribution in [2.24, 2.45) is 9.98 Å². The molecule has 0 amide bonds. The first-order valence-corrected chi connectivity index (χ1v) is 9.27. The van der Waals surface area contributed by atoms with Crippen molar-refractivity contribution in [1.82, 2.24) is 0 Å². The monoisotopic (exact) mass is 308 g/mol. The lowest BCUT2D eigenvalue weighted by molar-refractivity contribution is 0.336. The average molecular weight is 308 g/mol. The maximum atomic E-state index is 5.41. The molecule has 0 saturated heterocycles. The molecule has 0 aromatic heterocycles. The average Bonchev–Trinajstić information content (AvgIpc) is 3.21. The molecule has 0 unspecified atom stereocenters. The highest BCUT2D eigenvalue weighted by Gasteiger charge is 2.06. The Labute approximate surface area is 135 Å². The number of nitrogens with zero attached hydrogens (tertiary/aromatic N) is 2. The highest BCUT2D eigenvalue weighted by Crippen LogP contribution is 2.13. The summed E-state index contributed by atoms with van der Waals surface area (Å²) >= 11 is 0. The van der Waals surface area contributed by atoms with E-state index in [4.69, 9.17) is 9.47 Å². The highest BCUT2D eigenvalue weighted by atomic mass is 16.5. The second-order valence-electron chi connectivity index (χ2n) is 6.28. The van der Waals surface area contributed by atoms with E-state index >= 15 is 0 Å². The molecule has 2 aliphatic rings. The van der Waals surface area contributed by atoms with Crippen molar-refractivity contribution in [2.75, 3.05) is 26.3 Å². The van der Waals surface area contributed by atoms with Gasteiger partial charge < -0.3 is 9.47 Å². The van der Waals surface area contributed by atoms with Crippen LogP contribution in [0.4, 0.5) is 0 Å². The fraction of sp³-hybridized carbons (Fsp3) is 0.889. The normalized spacial score (nSPS) is 17.1. The minimum absolute atomic E-state index is 0.802. The van der Waals surface area contributed by atoms with Gasteiger partial charge in [-0.2, -0.15) is 0 Å². The molecule has 0 radical (unpaired) electrons. The summed E-state index contributed by atoms with van der Waals surface area (Å²) in [6.07, 6.45) is 15.5. The molecule has 0 aliphatic carbocycles. The maximum Gasteiger partial charge on any atom is 0.183 e. The largest absolute Gasteiger partial charge is 0.479 e. The lowest BCUT2D eigenvalue weighted by Crippen LogP contribution is -1.98. The zero-order valence-electron chi connectivity index (χ0n) is 14.0. The zero-order valence-corrected chi connectivity index (χ0v) is 14.0. The molecule has 4 heteroatoms. The van der Waals surface area contributed by atoms with Gasteiger partial charge in [0.25, 0.3) is 0 Å². The number of aliphatic imine (C=N–C) groups is 2. The molecule has 2 aliphatic heterocycles. The molecule has 0 atom stereocenters. The van der Waals surface area contributed by atoms with Gasteiger partial charge in [0.1, 0.15) is 13.2 Å². The summed E-state index contributed by atoms with van der Waals surface area (Å²) < 4.78 is 10.8. The van der Waals surface area contributed by atoms with Gasteiger partial charge >= 0.3 is 0 Å². The predicted molar refractivity (Wildman–Crippen MR) is 91.9 cm³/mol. The van der Waals surface area contributed by atoms with Gasteiger partial charge in [-0.15, -0.1) is 0 Å². The van der Waals surface area contributed by atoms with Gasteiger partial charge in [-0.3, -0.25) is 9.98 Å². The van der Waals surface area contributed by atoms with Crippen LogP contribution in [0.15, 0.2) is 9.98 Å². The van der Waals surface area contributed by atoms with Crippen molar-refractivity contribution in [3.63, 3.8) is 0 Å². The Bertz CT molecular complexity index is 319. The summed E-state index contributed by atoms with van der Waals surface area (Å²) in [5.41, 5.74) is 0. The minimum atomic E-state index is 0.802. The Morgan fingerprint density at radius 1 is 0.545 bits per heavy atom. The van der Waals surface area contributed by atoms with Crippen molar-refractivity contribution < 1.29 is 9.47 Å². The van der Waals surface area contributed by atoms with Crippen LogP contribution in [0.3, 0.4) is 0 Å². The van der Waals surface area contributed by atoms with Crippen LogP contribution in [0.1, 0.15) is 77.0 Å². The minimum Gasteiger partial charge on any atom is -0.479 e. The third-order valence-corrected chi connectivity index (χ3v) is 4.33. The lowest BCUT2D eigenvalue weighted by atomic mass is 10.1. The van der Waals surface area contributed by atoms with Gasteiger partial charge in [0.15, 0.2) is 11.8 Å². The molecule has 0 fully saturated rings. The first-order chi connectivity index (χ1) is 10.9. The van der Waals surface area contributed by atoms with Gasteiger partial charge in [0.05, 0.1) is 13.1 Å². The quantitative estimate of drug-likeness (QED) is 0.469. The molecule has 2 heterocycles. The zero-order chi connectivity index (χ0) is 15.3. The number of unbranched alkanes of at least 4 members (excludes halogenated alkanes) is 9. The lowest BCUT2D eigenvalue weighted by Gasteiger charge is -2.04. The molecular weight excluding hydrogens is 276 g/mol. The van der Waals surface area contributed by atoms with Gasteiger partial charge in [-0.25, -0.2) is 0 Å². The van der Waals surface area contributed by atoms with Crippen LogP contribution >= 0.6 is 0 Å². The number of rotatable bonds is 13. The molecule has 0 spiro atoms. The van der Waals surface area contributed by atoms with Crippen LogP contribution in [-0.4, -0.2) is 38.1 Å². The van der Waals surface area contributed by atoms with E-state index in [1.54, 1.807) is 0 Å². The van der Waals surface area contributed by atoms with Crippen molar-refractivity contribution in [1.29, 1.82) is 0 Å². The van der Waals surface area contributed by atoms with E-state index in [1.165, 1.54) is 64.2 Å². The summed E-state index contributed by atoms with van der Waals surface area (Å²) in [7, 11) is 0. The summed E-state index contributed by atoms with van der Waals surface area (Å²) in [4.78, 5) is 8.65. The van der Waals surface area contributed by atoms with E-state index in [-0.39, 0.29) is 0 Å². The Hall–Kier alpha value is -1.06. The van der Waals surface area contributed by atoms with Gasteiger partial charge in [0, 0.05) is 12.8 Å². The van der Waals surface area contributed by atoms with E-state index in [1.807, 2.05) is 0 Å². The van der Waals surface area contributed by atoms with Crippen molar-refractivity contribution >= 4 is 11.8 Å². The highest BCUT2D eigenvalue weighted by molar-refractivity contribution is 5.77. The van der Waals surface area contributed by atoms with Crippen LogP contribution < -0.4 is 0 Å². The van der Waals surface area contributed by atoms with Crippen molar-refractivity contribution in [2.45, 2.75) is 77.0 Å². The second kappa shape index (κ2) is 11.5. The molecule has 2 rings (SSSR count). The molecule has 0 N–H and O–H groups in total. The summed E-state index contributed by atoms with van der Waals surface area (Å²) in [5, 5.41) is 0. The van der Waals surface area contributed by atoms with E-state index in [2.05, 4.69) is 9.98 Å². The fourth-order valence-corrected chi connectivity index (χ4v) is 3.03. The number of hydrogen-bond donors (Lipinski definition) is 0. The van der Waals surface area contributed by atoms with E-state index < -0.39 is 0 Å². The number of hydrogen-bond acceptors (Lipinski definition) is 4. The van der Waals surface area contributed by atoms with Gasteiger partial charge in [-0.05, 0) is 12.8 Å². The third kappa shape index (κ3) is 7.81. The molecule has 0 saturated carbocycles. The van der Waals surface area contributed by atoms with Crippen molar-refractivity contribution in [3.8, 4) is 0 Å². The summed E-state index contributed by atoms with van der Waals surface area (Å²) in [6, 6.07) is 0. The van der Waals surface area contributed by atoms with Crippen LogP contribution in [0.25, 0.3) is 0 Å². The van der Waals surface area contributed by atoms with Gasteiger partial charge in [0.2, 0.25) is 0 Å². The summed E-state index contributed by atoms with van der Waals surface area (Å²) in [5.74, 6) is 1.99.